The molecular weight excluding hydrogens is 564 g/mol. The minimum Gasteiger partial charge on any atom is -0.574 e. The number of nitrogens with zero attached hydrogens (tertiary/aromatic N) is 6. The summed E-state index contributed by atoms with van der Waals surface area (Å²) in [6.07, 6.45) is -4.12. The summed E-state index contributed by atoms with van der Waals surface area (Å²) in [6.45, 7) is 1.85. The zero-order valence-corrected chi connectivity index (χ0v) is 17.2. The van der Waals surface area contributed by atoms with Gasteiger partial charge in [-0.3, -0.25) is 9.97 Å². The third-order valence-corrected chi connectivity index (χ3v) is 3.99. The van der Waals surface area contributed by atoms with Gasteiger partial charge in [0.15, 0.2) is 0 Å². The van der Waals surface area contributed by atoms with E-state index in [4.69, 9.17) is 0 Å². The topological polar surface area (TPSA) is 79.8 Å². The third-order valence-electron chi connectivity index (χ3n) is 3.99. The summed E-state index contributed by atoms with van der Waals surface area (Å²) in [6, 6.07) is 13.4. The third kappa shape index (κ3) is 4.79. The molecule has 0 fully saturated rings. The maximum Gasteiger partial charge on any atom is 2.00 e. The molecule has 0 aromatic carbocycles. The molecule has 0 bridgehead atoms. The molecule has 4 aromatic rings. The molecule has 0 N–H and O–H groups in total. The Morgan fingerprint density at radius 2 is 1.38 bits per heavy atom. The maximum absolute atomic E-state index is 12.7. The van der Waals surface area contributed by atoms with Crippen molar-refractivity contribution in [3.8, 4) is 22.8 Å². The first-order chi connectivity index (χ1) is 13.4. The fraction of sp³-hybridized carbons (Fsp3) is 0.158. The standard InChI is InChI=1S/C19H13F3N6.Pt/c1-11-8-16(26-25-11)14-6-2-4-12(23-14)9-13-5-3-7-15(24-13)17-10-18(28-27-17)19(20,21)22;/h2-8,10H,9H2,1H3;/q-2;+2. The van der Waals surface area contributed by atoms with Gasteiger partial charge in [0.2, 0.25) is 0 Å². The smallest absolute Gasteiger partial charge is 0.574 e. The Morgan fingerprint density at radius 1 is 0.828 bits per heavy atom. The van der Waals surface area contributed by atoms with Crippen LogP contribution in [-0.4, -0.2) is 20.2 Å². The molecule has 4 rings (SSSR count). The molecular formula is C19H13F3N6Pt. The molecule has 29 heavy (non-hydrogen) atoms. The number of rotatable bonds is 4. The molecule has 10 heteroatoms. The van der Waals surface area contributed by atoms with Crippen LogP contribution in [0.3, 0.4) is 0 Å². The summed E-state index contributed by atoms with van der Waals surface area (Å²) >= 11 is 0. The van der Waals surface area contributed by atoms with Crippen molar-refractivity contribution >= 4 is 0 Å². The van der Waals surface area contributed by atoms with Gasteiger partial charge in [0.25, 0.3) is 0 Å². The van der Waals surface area contributed by atoms with E-state index in [-0.39, 0.29) is 26.8 Å². The molecule has 4 aromatic heterocycles. The van der Waals surface area contributed by atoms with Crippen molar-refractivity contribution in [2.45, 2.75) is 19.5 Å². The van der Waals surface area contributed by atoms with Crippen molar-refractivity contribution in [3.63, 3.8) is 0 Å². The first-order valence-electron chi connectivity index (χ1n) is 8.36. The second-order valence-electron chi connectivity index (χ2n) is 6.19. The van der Waals surface area contributed by atoms with Crippen LogP contribution in [0, 0.1) is 6.92 Å². The van der Waals surface area contributed by atoms with Crippen molar-refractivity contribution in [1.29, 1.82) is 0 Å². The van der Waals surface area contributed by atoms with Gasteiger partial charge in [-0.15, -0.1) is 0 Å². The van der Waals surface area contributed by atoms with Gasteiger partial charge in [0.1, 0.15) is 5.69 Å². The number of hydrogen-bond donors (Lipinski definition) is 0. The Bertz CT molecular complexity index is 1120. The van der Waals surface area contributed by atoms with Crippen LogP contribution >= 0.6 is 0 Å². The van der Waals surface area contributed by atoms with Crippen LogP contribution in [0.4, 0.5) is 13.2 Å². The van der Waals surface area contributed by atoms with E-state index in [1.807, 2.05) is 31.2 Å². The SMILES string of the molecule is Cc1cc(-c2cccc(Cc3cccc(-c4cc(C(F)(F)F)n[n-]4)n3)n2)[n-]n1.[Pt+2]. The molecule has 0 aliphatic carbocycles. The van der Waals surface area contributed by atoms with E-state index in [0.717, 1.165) is 17.5 Å². The van der Waals surface area contributed by atoms with E-state index >= 15 is 0 Å². The van der Waals surface area contributed by atoms with Crippen LogP contribution in [0.2, 0.25) is 0 Å². The average molecular weight is 577 g/mol. The second kappa shape index (κ2) is 8.29. The Morgan fingerprint density at radius 3 is 1.86 bits per heavy atom. The van der Waals surface area contributed by atoms with Crippen LogP contribution in [0.1, 0.15) is 22.8 Å². The predicted molar refractivity (Wildman–Crippen MR) is 94.1 cm³/mol. The molecule has 0 saturated heterocycles. The van der Waals surface area contributed by atoms with Gasteiger partial charge < -0.3 is 20.4 Å². The summed E-state index contributed by atoms with van der Waals surface area (Å²) in [4.78, 5) is 8.97. The normalized spacial score (nSPS) is 11.3. The predicted octanol–water partition coefficient (Wildman–Crippen LogP) is 3.43. The Hall–Kier alpha value is -2.80. The fourth-order valence-corrected chi connectivity index (χ4v) is 2.70. The summed E-state index contributed by atoms with van der Waals surface area (Å²) in [7, 11) is 0. The Balaban J connectivity index is 0.00000240. The van der Waals surface area contributed by atoms with Crippen molar-refractivity contribution in [3.05, 3.63) is 71.3 Å². The van der Waals surface area contributed by atoms with Gasteiger partial charge in [-0.25, -0.2) is 0 Å². The Kier molecular flexibility index (Phi) is 5.98. The van der Waals surface area contributed by atoms with Gasteiger partial charge in [0, 0.05) is 34.9 Å². The molecule has 0 saturated carbocycles. The van der Waals surface area contributed by atoms with Crippen LogP contribution in [-0.2, 0) is 33.7 Å². The first kappa shape index (κ1) is 20.9. The quantitative estimate of drug-likeness (QED) is 0.370. The molecule has 0 aliphatic heterocycles. The van der Waals surface area contributed by atoms with E-state index in [1.54, 1.807) is 18.2 Å². The van der Waals surface area contributed by atoms with Crippen molar-refractivity contribution in [2.24, 2.45) is 0 Å². The van der Waals surface area contributed by atoms with E-state index in [9.17, 15) is 13.2 Å². The summed E-state index contributed by atoms with van der Waals surface area (Å²) in [5, 5.41) is 14.8. The minimum absolute atomic E-state index is 0. The van der Waals surface area contributed by atoms with Crippen molar-refractivity contribution < 1.29 is 34.2 Å². The van der Waals surface area contributed by atoms with Crippen LogP contribution in [0.25, 0.3) is 22.8 Å². The van der Waals surface area contributed by atoms with E-state index in [1.165, 1.54) is 0 Å². The Labute approximate surface area is 178 Å². The summed E-state index contributed by atoms with van der Waals surface area (Å²) < 4.78 is 38.2. The number of aryl methyl sites for hydroxylation is 1. The number of hydrogen-bond acceptors (Lipinski definition) is 4. The number of halogens is 3. The second-order valence-corrected chi connectivity index (χ2v) is 6.19. The van der Waals surface area contributed by atoms with Crippen LogP contribution in [0.15, 0.2) is 48.5 Å². The number of alkyl halides is 3. The first-order valence-corrected chi connectivity index (χ1v) is 8.36. The molecule has 0 unspecified atom stereocenters. The molecule has 150 valence electrons. The van der Waals surface area contributed by atoms with Gasteiger partial charge in [-0.1, -0.05) is 29.6 Å². The van der Waals surface area contributed by atoms with Crippen LogP contribution in [0.5, 0.6) is 0 Å². The molecule has 0 atom stereocenters. The minimum atomic E-state index is -4.53. The zero-order valence-electron chi connectivity index (χ0n) is 15.0. The van der Waals surface area contributed by atoms with E-state index in [2.05, 4.69) is 30.4 Å². The molecule has 6 nitrogen and oxygen atoms in total. The van der Waals surface area contributed by atoms with Gasteiger partial charge >= 0.3 is 27.2 Å². The van der Waals surface area contributed by atoms with Crippen LogP contribution < -0.4 is 10.2 Å². The number of aromatic nitrogens is 6. The summed E-state index contributed by atoms with van der Waals surface area (Å²) in [5.74, 6) is 0. The average Bonchev–Trinajstić information content (AvgIpc) is 3.31. The molecule has 0 aliphatic rings. The fourth-order valence-electron chi connectivity index (χ4n) is 2.70. The van der Waals surface area contributed by atoms with Crippen molar-refractivity contribution in [2.75, 3.05) is 0 Å². The summed E-state index contributed by atoms with van der Waals surface area (Å²) in [5.41, 5.74) is 2.99. The van der Waals surface area contributed by atoms with Gasteiger partial charge in [-0.2, -0.15) is 13.2 Å². The van der Waals surface area contributed by atoms with E-state index < -0.39 is 11.9 Å². The largest absolute Gasteiger partial charge is 2.00 e. The van der Waals surface area contributed by atoms with E-state index in [0.29, 0.717) is 29.2 Å². The maximum atomic E-state index is 12.7. The van der Waals surface area contributed by atoms with Crippen molar-refractivity contribution in [1.82, 2.24) is 30.4 Å². The number of pyridine rings is 2. The molecule has 0 radical (unpaired) electrons. The molecule has 0 amide bonds. The molecule has 0 spiro atoms. The van der Waals surface area contributed by atoms with Gasteiger partial charge in [-0.05, 0) is 37.3 Å². The van der Waals surface area contributed by atoms with Gasteiger partial charge in [0.05, 0.1) is 0 Å². The zero-order chi connectivity index (χ0) is 19.7. The monoisotopic (exact) mass is 577 g/mol. The molecule has 4 heterocycles.